The van der Waals surface area contributed by atoms with Crippen LogP contribution >= 0.6 is 0 Å². The van der Waals surface area contributed by atoms with Gasteiger partial charge in [0.1, 0.15) is 12.4 Å². The van der Waals surface area contributed by atoms with Crippen LogP contribution in [0, 0.1) is 0 Å². The smallest absolute Gasteiger partial charge is 0.225 e. The first-order chi connectivity index (χ1) is 13.4. The van der Waals surface area contributed by atoms with E-state index < -0.39 is 0 Å². The van der Waals surface area contributed by atoms with E-state index in [1.54, 1.807) is 12.4 Å². The largest absolute Gasteiger partial charge is 0.373 e. The topological polar surface area (TPSA) is 69.0 Å². The van der Waals surface area contributed by atoms with E-state index in [4.69, 9.17) is 4.74 Å². The summed E-state index contributed by atoms with van der Waals surface area (Å²) in [5.74, 6) is 3.13. The van der Waals surface area contributed by atoms with E-state index in [0.29, 0.717) is 19.1 Å². The molecule has 2 aliphatic rings. The second-order valence-electron chi connectivity index (χ2n) is 7.05. The van der Waals surface area contributed by atoms with Gasteiger partial charge in [0, 0.05) is 31.4 Å². The fourth-order valence-electron chi connectivity index (χ4n) is 4.03. The first kappa shape index (κ1) is 16.4. The molecule has 0 spiro atoms. The maximum absolute atomic E-state index is 5.79. The molecule has 0 saturated carbocycles. The number of anilines is 1. The number of para-hydroxylation sites is 1. The van der Waals surface area contributed by atoms with E-state index in [2.05, 4.69) is 53.9 Å². The van der Waals surface area contributed by atoms with Gasteiger partial charge in [-0.25, -0.2) is 9.97 Å². The third-order valence-corrected chi connectivity index (χ3v) is 5.43. The molecular weight excluding hydrogens is 340 g/mol. The van der Waals surface area contributed by atoms with Crippen molar-refractivity contribution >= 4 is 5.95 Å². The van der Waals surface area contributed by atoms with Gasteiger partial charge in [-0.2, -0.15) is 0 Å². The van der Waals surface area contributed by atoms with Crippen LogP contribution in [0.1, 0.15) is 36.0 Å². The van der Waals surface area contributed by atoms with E-state index in [-0.39, 0.29) is 0 Å². The Labute approximate surface area is 158 Å². The highest BCUT2D eigenvalue weighted by atomic mass is 16.5. The zero-order valence-electron chi connectivity index (χ0n) is 15.2. The van der Waals surface area contributed by atoms with Crippen molar-refractivity contribution in [2.75, 3.05) is 24.6 Å². The first-order valence-corrected chi connectivity index (χ1v) is 9.52. The number of aromatic nitrogens is 5. The van der Waals surface area contributed by atoms with Gasteiger partial charge in [-0.3, -0.25) is 4.57 Å². The van der Waals surface area contributed by atoms with Crippen LogP contribution in [0.3, 0.4) is 0 Å². The van der Waals surface area contributed by atoms with Crippen LogP contribution in [-0.4, -0.2) is 44.4 Å². The quantitative estimate of drug-likeness (QED) is 0.698. The SMILES string of the molecule is c1cnc(N2CCC(c3nnc4n3-c3ccccc3CCOC4)CC2)nc1. The van der Waals surface area contributed by atoms with Gasteiger partial charge in [-0.1, -0.05) is 18.2 Å². The van der Waals surface area contributed by atoms with Crippen LogP contribution in [0.15, 0.2) is 42.7 Å². The number of rotatable bonds is 2. The van der Waals surface area contributed by atoms with Gasteiger partial charge in [-0.15, -0.1) is 10.2 Å². The normalized spacial score (nSPS) is 17.7. The van der Waals surface area contributed by atoms with E-state index in [1.807, 2.05) is 6.07 Å². The fraction of sp³-hybridized carbons (Fsp3) is 0.400. The molecule has 1 fully saturated rings. The maximum Gasteiger partial charge on any atom is 0.225 e. The summed E-state index contributed by atoms with van der Waals surface area (Å²) in [7, 11) is 0. The summed E-state index contributed by atoms with van der Waals surface area (Å²) < 4.78 is 8.02. The molecule has 2 aromatic heterocycles. The molecule has 7 nitrogen and oxygen atoms in total. The predicted octanol–water partition coefficient (Wildman–Crippen LogP) is 2.51. The average molecular weight is 362 g/mol. The lowest BCUT2D eigenvalue weighted by atomic mass is 9.95. The summed E-state index contributed by atoms with van der Waals surface area (Å²) in [6, 6.07) is 10.4. The Morgan fingerprint density at radius 1 is 0.963 bits per heavy atom. The van der Waals surface area contributed by atoms with Crippen LogP contribution in [0.4, 0.5) is 5.95 Å². The molecule has 0 atom stereocenters. The third kappa shape index (κ3) is 3.08. The van der Waals surface area contributed by atoms with Crippen molar-refractivity contribution in [1.29, 1.82) is 0 Å². The number of hydrogen-bond acceptors (Lipinski definition) is 6. The number of nitrogens with zero attached hydrogens (tertiary/aromatic N) is 6. The Morgan fingerprint density at radius 2 is 1.78 bits per heavy atom. The Morgan fingerprint density at radius 3 is 2.63 bits per heavy atom. The molecule has 27 heavy (non-hydrogen) atoms. The molecule has 1 aromatic carbocycles. The minimum atomic E-state index is 0.374. The Hall–Kier alpha value is -2.80. The third-order valence-electron chi connectivity index (χ3n) is 5.43. The van der Waals surface area contributed by atoms with Crippen molar-refractivity contribution in [2.45, 2.75) is 31.8 Å². The number of ether oxygens (including phenoxy) is 1. The molecule has 0 amide bonds. The number of piperidine rings is 1. The predicted molar refractivity (Wildman–Crippen MR) is 101 cm³/mol. The van der Waals surface area contributed by atoms with Crippen molar-refractivity contribution in [1.82, 2.24) is 24.7 Å². The Bertz CT molecular complexity index is 917. The summed E-state index contributed by atoms with van der Waals surface area (Å²) >= 11 is 0. The maximum atomic E-state index is 5.79. The first-order valence-electron chi connectivity index (χ1n) is 9.52. The summed E-state index contributed by atoms with van der Waals surface area (Å²) in [5, 5.41) is 9.04. The molecule has 0 aliphatic carbocycles. The van der Waals surface area contributed by atoms with Gasteiger partial charge in [0.15, 0.2) is 5.82 Å². The number of fused-ring (bicyclic) bond motifs is 3. The molecule has 4 heterocycles. The van der Waals surface area contributed by atoms with Crippen molar-refractivity contribution in [3.05, 3.63) is 59.9 Å². The van der Waals surface area contributed by atoms with Gasteiger partial charge in [-0.05, 0) is 37.0 Å². The van der Waals surface area contributed by atoms with Crippen LogP contribution in [0.5, 0.6) is 0 Å². The van der Waals surface area contributed by atoms with Gasteiger partial charge < -0.3 is 9.64 Å². The summed E-state index contributed by atoms with van der Waals surface area (Å²) in [6.45, 7) is 3.08. The second-order valence-corrected chi connectivity index (χ2v) is 7.05. The van der Waals surface area contributed by atoms with Crippen molar-refractivity contribution in [2.24, 2.45) is 0 Å². The average Bonchev–Trinajstić information content (AvgIpc) is 3.13. The molecule has 3 aromatic rings. The molecule has 0 bridgehead atoms. The molecule has 0 radical (unpaired) electrons. The molecule has 2 aliphatic heterocycles. The van der Waals surface area contributed by atoms with Crippen molar-refractivity contribution in [3.8, 4) is 5.69 Å². The summed E-state index contributed by atoms with van der Waals surface area (Å²) in [6.07, 6.45) is 6.54. The molecule has 0 N–H and O–H groups in total. The van der Waals surface area contributed by atoms with Gasteiger partial charge in [0.2, 0.25) is 5.95 Å². The summed E-state index contributed by atoms with van der Waals surface area (Å²) in [4.78, 5) is 11.0. The highest BCUT2D eigenvalue weighted by Crippen LogP contribution is 2.32. The lowest BCUT2D eigenvalue weighted by molar-refractivity contribution is 0.115. The monoisotopic (exact) mass is 362 g/mol. The Balaban J connectivity index is 1.44. The highest BCUT2D eigenvalue weighted by Gasteiger charge is 2.28. The van der Waals surface area contributed by atoms with E-state index in [0.717, 1.165) is 49.9 Å². The molecule has 7 heteroatoms. The fourth-order valence-corrected chi connectivity index (χ4v) is 4.03. The van der Waals surface area contributed by atoms with E-state index in [9.17, 15) is 0 Å². The lowest BCUT2D eigenvalue weighted by Crippen LogP contribution is -2.34. The van der Waals surface area contributed by atoms with E-state index >= 15 is 0 Å². The van der Waals surface area contributed by atoms with Crippen molar-refractivity contribution in [3.63, 3.8) is 0 Å². The molecule has 5 rings (SSSR count). The van der Waals surface area contributed by atoms with E-state index in [1.165, 1.54) is 11.3 Å². The van der Waals surface area contributed by atoms with Gasteiger partial charge in [0.25, 0.3) is 0 Å². The van der Waals surface area contributed by atoms with Crippen LogP contribution in [0.25, 0.3) is 5.69 Å². The van der Waals surface area contributed by atoms with Crippen molar-refractivity contribution < 1.29 is 4.74 Å². The molecular formula is C20H22N6O. The Kier molecular flexibility index (Phi) is 4.29. The molecule has 1 saturated heterocycles. The van der Waals surface area contributed by atoms with Crippen LogP contribution in [-0.2, 0) is 17.8 Å². The molecule has 0 unspecified atom stereocenters. The summed E-state index contributed by atoms with van der Waals surface area (Å²) in [5.41, 5.74) is 2.49. The van der Waals surface area contributed by atoms with Gasteiger partial charge >= 0.3 is 0 Å². The minimum Gasteiger partial charge on any atom is -0.373 e. The second kappa shape index (κ2) is 7.08. The molecule has 138 valence electrons. The van der Waals surface area contributed by atoms with Gasteiger partial charge in [0.05, 0.1) is 12.3 Å². The number of hydrogen-bond donors (Lipinski definition) is 0. The number of benzene rings is 1. The zero-order chi connectivity index (χ0) is 18.1. The highest BCUT2D eigenvalue weighted by molar-refractivity contribution is 5.44. The van der Waals surface area contributed by atoms with Crippen LogP contribution in [0.2, 0.25) is 0 Å². The lowest BCUT2D eigenvalue weighted by Gasteiger charge is -2.32. The standard InChI is InChI=1S/C20H22N6O/c1-2-5-17-15(4-1)8-13-27-14-18-23-24-19(26(17)18)16-6-11-25(12-7-16)20-21-9-3-10-22-20/h1-5,9-10,16H,6-8,11-14H2. The van der Waals surface area contributed by atoms with Crippen LogP contribution < -0.4 is 4.90 Å². The zero-order valence-corrected chi connectivity index (χ0v) is 15.2. The minimum absolute atomic E-state index is 0.374.